The lowest BCUT2D eigenvalue weighted by Crippen LogP contribution is -2.23. The van der Waals surface area contributed by atoms with Crippen molar-refractivity contribution in [2.75, 3.05) is 5.32 Å². The standard InChI is InChI=1S/C25H22Cl2N6O/c1-25(2)7-6-16-17(9-25)20-23(31-22(16)30-21-18(26)11-29-12-19(21)27)33(32-24(20)34)13-15-5-3-4-14(8-15)10-28/h3-5,8,11-12H,6-7,9,13H2,1-2H3,(H,32,34)(H,29,30,31). The van der Waals surface area contributed by atoms with Gasteiger partial charge >= 0.3 is 0 Å². The molecule has 34 heavy (non-hydrogen) atoms. The molecular formula is C25H22Cl2N6O. The van der Waals surface area contributed by atoms with Crippen molar-refractivity contribution < 1.29 is 5.11 Å². The molecule has 0 atom stereocenters. The van der Waals surface area contributed by atoms with Crippen LogP contribution in [0.1, 0.15) is 42.5 Å². The smallest absolute Gasteiger partial charge is 0.240 e. The van der Waals surface area contributed by atoms with Gasteiger partial charge in [-0.3, -0.25) is 4.98 Å². The van der Waals surface area contributed by atoms with Crippen molar-refractivity contribution in [3.8, 4) is 11.9 Å². The Kier molecular flexibility index (Phi) is 5.59. The largest absolute Gasteiger partial charge is 0.492 e. The first-order chi connectivity index (χ1) is 16.3. The SMILES string of the molecule is CC1(C)CCc2c(Nc3c(Cl)cncc3Cl)nc3c(c(O)nn3Cc3cccc(C#N)c3)c2C1. The zero-order valence-electron chi connectivity index (χ0n) is 18.7. The quantitative estimate of drug-likeness (QED) is 0.361. The van der Waals surface area contributed by atoms with Crippen LogP contribution >= 0.6 is 23.2 Å². The lowest BCUT2D eigenvalue weighted by molar-refractivity contribution is 0.316. The maximum absolute atomic E-state index is 10.9. The second kappa shape index (κ2) is 8.46. The van der Waals surface area contributed by atoms with Crippen molar-refractivity contribution in [1.82, 2.24) is 19.7 Å². The summed E-state index contributed by atoms with van der Waals surface area (Å²) in [5.74, 6) is 0.597. The number of aromatic nitrogens is 4. The van der Waals surface area contributed by atoms with Crippen molar-refractivity contribution in [2.24, 2.45) is 5.41 Å². The van der Waals surface area contributed by atoms with Crippen LogP contribution in [-0.2, 0) is 19.4 Å². The first kappa shape index (κ1) is 22.5. The second-order valence-electron chi connectivity index (χ2n) is 9.35. The van der Waals surface area contributed by atoms with Gasteiger partial charge in [0.1, 0.15) is 5.82 Å². The Morgan fingerprint density at radius 2 is 1.97 bits per heavy atom. The van der Waals surface area contributed by atoms with Crippen LogP contribution in [0.4, 0.5) is 11.5 Å². The Bertz CT molecular complexity index is 1450. The molecule has 0 saturated carbocycles. The molecular weight excluding hydrogens is 471 g/mol. The number of aromatic hydroxyl groups is 1. The van der Waals surface area contributed by atoms with Gasteiger partial charge in [-0.2, -0.15) is 5.26 Å². The molecule has 0 bridgehead atoms. The molecule has 9 heteroatoms. The maximum atomic E-state index is 10.9. The minimum atomic E-state index is -0.0422. The summed E-state index contributed by atoms with van der Waals surface area (Å²) in [5.41, 5.74) is 4.67. The van der Waals surface area contributed by atoms with Crippen LogP contribution in [0, 0.1) is 16.7 Å². The predicted molar refractivity (Wildman–Crippen MR) is 133 cm³/mol. The maximum Gasteiger partial charge on any atom is 0.240 e. The third-order valence-electron chi connectivity index (χ3n) is 6.27. The number of nitrogens with one attached hydrogen (secondary N) is 1. The molecule has 3 heterocycles. The monoisotopic (exact) mass is 492 g/mol. The van der Waals surface area contributed by atoms with Crippen molar-refractivity contribution in [3.63, 3.8) is 0 Å². The Morgan fingerprint density at radius 1 is 1.21 bits per heavy atom. The highest BCUT2D eigenvalue weighted by molar-refractivity contribution is 6.39. The molecule has 0 aliphatic heterocycles. The summed E-state index contributed by atoms with van der Waals surface area (Å²) in [6.07, 6.45) is 5.61. The summed E-state index contributed by atoms with van der Waals surface area (Å²) < 4.78 is 1.67. The van der Waals surface area contributed by atoms with Crippen LogP contribution in [0.5, 0.6) is 5.88 Å². The molecule has 3 aromatic heterocycles. The van der Waals surface area contributed by atoms with Gasteiger partial charge in [-0.25, -0.2) is 9.67 Å². The van der Waals surface area contributed by atoms with Crippen molar-refractivity contribution in [1.29, 1.82) is 5.26 Å². The highest BCUT2D eigenvalue weighted by Gasteiger charge is 2.32. The van der Waals surface area contributed by atoms with E-state index in [-0.39, 0.29) is 11.3 Å². The number of hydrogen-bond donors (Lipinski definition) is 2. The van der Waals surface area contributed by atoms with Crippen molar-refractivity contribution in [2.45, 2.75) is 39.7 Å². The molecule has 0 spiro atoms. The van der Waals surface area contributed by atoms with E-state index in [4.69, 9.17) is 28.2 Å². The van der Waals surface area contributed by atoms with Gasteiger partial charge in [-0.15, -0.1) is 5.10 Å². The summed E-state index contributed by atoms with van der Waals surface area (Å²) in [4.78, 5) is 8.93. The summed E-state index contributed by atoms with van der Waals surface area (Å²) in [7, 11) is 0. The highest BCUT2D eigenvalue weighted by atomic mass is 35.5. The van der Waals surface area contributed by atoms with E-state index in [0.29, 0.717) is 44.7 Å². The number of nitriles is 1. The third kappa shape index (κ3) is 4.04. The molecule has 2 N–H and O–H groups in total. The second-order valence-corrected chi connectivity index (χ2v) is 10.2. The number of halogens is 2. The molecule has 4 aromatic rings. The molecule has 0 amide bonds. The molecule has 5 rings (SSSR count). The normalized spacial score (nSPS) is 14.6. The Morgan fingerprint density at radius 3 is 2.71 bits per heavy atom. The van der Waals surface area contributed by atoms with Crippen LogP contribution < -0.4 is 5.32 Å². The molecule has 1 aliphatic carbocycles. The zero-order chi connectivity index (χ0) is 24.0. The fraction of sp³-hybridized carbons (Fsp3) is 0.280. The van der Waals surface area contributed by atoms with E-state index in [1.165, 1.54) is 12.4 Å². The molecule has 0 radical (unpaired) electrons. The van der Waals surface area contributed by atoms with E-state index in [1.807, 2.05) is 18.2 Å². The highest BCUT2D eigenvalue weighted by Crippen LogP contribution is 2.44. The number of fused-ring (bicyclic) bond motifs is 3. The minimum Gasteiger partial charge on any atom is -0.492 e. The van der Waals surface area contributed by atoms with E-state index in [9.17, 15) is 10.4 Å². The van der Waals surface area contributed by atoms with Gasteiger partial charge in [0.2, 0.25) is 5.88 Å². The molecule has 1 aliphatic rings. The Hall–Kier alpha value is -3.34. The lowest BCUT2D eigenvalue weighted by Gasteiger charge is -2.32. The number of anilines is 2. The van der Waals surface area contributed by atoms with E-state index in [2.05, 4.69) is 35.3 Å². The van der Waals surface area contributed by atoms with Crippen LogP contribution in [-0.4, -0.2) is 24.9 Å². The number of nitrogens with zero attached hydrogens (tertiary/aromatic N) is 5. The fourth-order valence-corrected chi connectivity index (χ4v) is 5.02. The fourth-order valence-electron chi connectivity index (χ4n) is 4.56. The molecule has 172 valence electrons. The molecule has 1 aromatic carbocycles. The summed E-state index contributed by atoms with van der Waals surface area (Å²) >= 11 is 12.8. The van der Waals surface area contributed by atoms with Gasteiger partial charge in [0.05, 0.1) is 39.3 Å². The topological polar surface area (TPSA) is 99.7 Å². The summed E-state index contributed by atoms with van der Waals surface area (Å²) in [5, 5.41) is 29.3. The van der Waals surface area contributed by atoms with E-state index in [1.54, 1.807) is 10.7 Å². The third-order valence-corrected chi connectivity index (χ3v) is 6.84. The van der Waals surface area contributed by atoms with Crippen LogP contribution in [0.25, 0.3) is 11.0 Å². The van der Waals surface area contributed by atoms with E-state index < -0.39 is 0 Å². The zero-order valence-corrected chi connectivity index (χ0v) is 20.2. The number of rotatable bonds is 4. The first-order valence-electron chi connectivity index (χ1n) is 10.9. The average Bonchev–Trinajstić information content (AvgIpc) is 3.10. The molecule has 0 fully saturated rings. The molecule has 0 unspecified atom stereocenters. The Balaban J connectivity index is 1.69. The Labute approximate surface area is 207 Å². The van der Waals surface area contributed by atoms with Crippen molar-refractivity contribution in [3.05, 3.63) is 69.0 Å². The number of pyridine rings is 2. The van der Waals surface area contributed by atoms with Gasteiger partial charge in [-0.1, -0.05) is 49.2 Å². The predicted octanol–water partition coefficient (Wildman–Crippen LogP) is 6.02. The van der Waals surface area contributed by atoms with Crippen LogP contribution in [0.15, 0.2) is 36.7 Å². The average molecular weight is 493 g/mol. The van der Waals surface area contributed by atoms with Gasteiger partial charge in [0.15, 0.2) is 5.65 Å². The van der Waals surface area contributed by atoms with Crippen LogP contribution in [0.3, 0.4) is 0 Å². The first-order valence-corrected chi connectivity index (χ1v) is 11.7. The molecule has 0 saturated heterocycles. The lowest BCUT2D eigenvalue weighted by atomic mass is 9.74. The van der Waals surface area contributed by atoms with Gasteiger partial charge in [-0.05, 0) is 53.5 Å². The van der Waals surface area contributed by atoms with E-state index in [0.717, 1.165) is 36.0 Å². The van der Waals surface area contributed by atoms with Gasteiger partial charge in [0.25, 0.3) is 0 Å². The number of hydrogen-bond acceptors (Lipinski definition) is 6. The van der Waals surface area contributed by atoms with Crippen LogP contribution in [0.2, 0.25) is 10.0 Å². The van der Waals surface area contributed by atoms with Crippen molar-refractivity contribution >= 4 is 45.7 Å². The van der Waals surface area contributed by atoms with Gasteiger partial charge in [0, 0.05) is 12.4 Å². The van der Waals surface area contributed by atoms with Gasteiger partial charge < -0.3 is 10.4 Å². The van der Waals surface area contributed by atoms with E-state index >= 15 is 0 Å². The summed E-state index contributed by atoms with van der Waals surface area (Å²) in [6, 6.07) is 9.47. The minimum absolute atomic E-state index is 0.0422. The molecule has 7 nitrogen and oxygen atoms in total. The summed E-state index contributed by atoms with van der Waals surface area (Å²) in [6.45, 7) is 4.81. The number of benzene rings is 1.